The van der Waals surface area contributed by atoms with Gasteiger partial charge in [0, 0.05) is 19.0 Å². The molecular formula is C12H13NO3. The third kappa shape index (κ3) is 1.56. The molecule has 84 valence electrons. The third-order valence-corrected chi connectivity index (χ3v) is 2.92. The van der Waals surface area contributed by atoms with Crippen molar-refractivity contribution in [1.82, 2.24) is 4.90 Å². The van der Waals surface area contributed by atoms with Gasteiger partial charge in [0.05, 0.1) is 7.11 Å². The van der Waals surface area contributed by atoms with Crippen molar-refractivity contribution in [2.45, 2.75) is 12.5 Å². The molecule has 0 saturated carbocycles. The SMILES string of the molecule is COC(=O)C1Cc2ccccc2C(=O)N1C. The number of nitrogens with zero attached hydrogens (tertiary/aromatic N) is 1. The minimum absolute atomic E-state index is 0.128. The number of carbonyl (C=O) groups excluding carboxylic acids is 2. The first-order valence-electron chi connectivity index (χ1n) is 5.08. The van der Waals surface area contributed by atoms with Gasteiger partial charge in [-0.2, -0.15) is 0 Å². The summed E-state index contributed by atoms with van der Waals surface area (Å²) < 4.78 is 4.69. The largest absolute Gasteiger partial charge is 0.467 e. The molecule has 4 nitrogen and oxygen atoms in total. The Morgan fingerprint density at radius 3 is 2.81 bits per heavy atom. The predicted octanol–water partition coefficient (Wildman–Crippen LogP) is 0.856. The Hall–Kier alpha value is -1.84. The van der Waals surface area contributed by atoms with Crippen molar-refractivity contribution in [2.24, 2.45) is 0 Å². The Labute approximate surface area is 93.8 Å². The zero-order valence-corrected chi connectivity index (χ0v) is 9.27. The molecule has 0 fully saturated rings. The highest BCUT2D eigenvalue weighted by Gasteiger charge is 2.34. The van der Waals surface area contributed by atoms with E-state index in [2.05, 4.69) is 0 Å². The van der Waals surface area contributed by atoms with Gasteiger partial charge in [0.15, 0.2) is 0 Å². The summed E-state index contributed by atoms with van der Waals surface area (Å²) in [6.07, 6.45) is 0.519. The van der Waals surface area contributed by atoms with Gasteiger partial charge in [-0.15, -0.1) is 0 Å². The number of ether oxygens (including phenoxy) is 1. The van der Waals surface area contributed by atoms with E-state index in [1.54, 1.807) is 13.1 Å². The summed E-state index contributed by atoms with van der Waals surface area (Å²) in [5, 5.41) is 0. The first-order valence-corrected chi connectivity index (χ1v) is 5.08. The first-order chi connectivity index (χ1) is 7.65. The summed E-state index contributed by atoms with van der Waals surface area (Å²) in [6.45, 7) is 0. The van der Waals surface area contributed by atoms with E-state index in [0.717, 1.165) is 5.56 Å². The number of rotatable bonds is 1. The lowest BCUT2D eigenvalue weighted by atomic mass is 9.94. The van der Waals surface area contributed by atoms with Crippen LogP contribution in [0.15, 0.2) is 24.3 Å². The highest BCUT2D eigenvalue weighted by atomic mass is 16.5. The summed E-state index contributed by atoms with van der Waals surface area (Å²) >= 11 is 0. The van der Waals surface area contributed by atoms with Crippen molar-refractivity contribution >= 4 is 11.9 Å². The number of hydrogen-bond acceptors (Lipinski definition) is 3. The van der Waals surface area contributed by atoms with Crippen molar-refractivity contribution < 1.29 is 14.3 Å². The van der Waals surface area contributed by atoms with Crippen LogP contribution in [0, 0.1) is 0 Å². The van der Waals surface area contributed by atoms with E-state index in [-0.39, 0.29) is 11.9 Å². The second-order valence-corrected chi connectivity index (χ2v) is 3.82. The van der Waals surface area contributed by atoms with Gasteiger partial charge in [-0.25, -0.2) is 4.79 Å². The van der Waals surface area contributed by atoms with Crippen LogP contribution in [-0.4, -0.2) is 37.0 Å². The summed E-state index contributed by atoms with van der Waals surface area (Å²) in [6, 6.07) is 6.83. The Morgan fingerprint density at radius 2 is 2.12 bits per heavy atom. The van der Waals surface area contributed by atoms with Crippen molar-refractivity contribution in [2.75, 3.05) is 14.2 Å². The normalized spacial score (nSPS) is 19.2. The molecule has 0 aromatic heterocycles. The fourth-order valence-electron chi connectivity index (χ4n) is 1.96. The van der Waals surface area contributed by atoms with Crippen LogP contribution in [0.4, 0.5) is 0 Å². The molecule has 1 unspecified atom stereocenters. The van der Waals surface area contributed by atoms with Gasteiger partial charge in [-0.3, -0.25) is 4.79 Å². The maximum absolute atomic E-state index is 12.0. The molecule has 1 aromatic carbocycles. The number of likely N-dealkylation sites (N-methyl/N-ethyl adjacent to an activating group) is 1. The van der Waals surface area contributed by atoms with Gasteiger partial charge < -0.3 is 9.64 Å². The van der Waals surface area contributed by atoms with Crippen LogP contribution in [0.5, 0.6) is 0 Å². The molecule has 0 spiro atoms. The van der Waals surface area contributed by atoms with Crippen molar-refractivity contribution in [3.63, 3.8) is 0 Å². The van der Waals surface area contributed by atoms with Crippen LogP contribution in [0.25, 0.3) is 0 Å². The lowest BCUT2D eigenvalue weighted by molar-refractivity contribution is -0.145. The quantitative estimate of drug-likeness (QED) is 0.658. The molecule has 16 heavy (non-hydrogen) atoms. The van der Waals surface area contributed by atoms with Gasteiger partial charge in [0.2, 0.25) is 0 Å². The lowest BCUT2D eigenvalue weighted by Crippen LogP contribution is -2.48. The number of hydrogen-bond donors (Lipinski definition) is 0. The number of fused-ring (bicyclic) bond motifs is 1. The smallest absolute Gasteiger partial charge is 0.328 e. The summed E-state index contributed by atoms with van der Waals surface area (Å²) in [4.78, 5) is 24.9. The molecule has 1 aliphatic rings. The second-order valence-electron chi connectivity index (χ2n) is 3.82. The molecule has 2 rings (SSSR count). The van der Waals surface area contributed by atoms with Crippen LogP contribution in [0.1, 0.15) is 15.9 Å². The Bertz CT molecular complexity index is 442. The molecular weight excluding hydrogens is 206 g/mol. The molecule has 0 aliphatic carbocycles. The first kappa shape index (κ1) is 10.7. The molecule has 0 radical (unpaired) electrons. The Balaban J connectivity index is 2.39. The molecule has 1 atom stereocenters. The van der Waals surface area contributed by atoms with Gasteiger partial charge in [-0.1, -0.05) is 18.2 Å². The van der Waals surface area contributed by atoms with Gasteiger partial charge in [-0.05, 0) is 11.6 Å². The number of esters is 1. The second kappa shape index (κ2) is 3.96. The number of benzene rings is 1. The maximum Gasteiger partial charge on any atom is 0.328 e. The molecule has 1 aliphatic heterocycles. The molecule has 4 heteroatoms. The van der Waals surface area contributed by atoms with Crippen molar-refractivity contribution in [3.8, 4) is 0 Å². The van der Waals surface area contributed by atoms with E-state index in [0.29, 0.717) is 12.0 Å². The Kier molecular flexibility index (Phi) is 2.64. The number of methoxy groups -OCH3 is 1. The summed E-state index contributed by atoms with van der Waals surface area (Å²) in [5.74, 6) is -0.498. The summed E-state index contributed by atoms with van der Waals surface area (Å²) in [7, 11) is 2.96. The molecule has 0 saturated heterocycles. The van der Waals surface area contributed by atoms with Gasteiger partial charge >= 0.3 is 5.97 Å². The minimum atomic E-state index is -0.507. The average Bonchev–Trinajstić information content (AvgIpc) is 2.33. The van der Waals surface area contributed by atoms with Gasteiger partial charge in [0.1, 0.15) is 6.04 Å². The molecule has 0 N–H and O–H groups in total. The topological polar surface area (TPSA) is 46.6 Å². The van der Waals surface area contributed by atoms with E-state index in [4.69, 9.17) is 4.74 Å². The highest BCUT2D eigenvalue weighted by molar-refractivity contribution is 5.99. The van der Waals surface area contributed by atoms with Crippen LogP contribution < -0.4 is 0 Å². The predicted molar refractivity (Wildman–Crippen MR) is 58.0 cm³/mol. The fraction of sp³-hybridized carbons (Fsp3) is 0.333. The number of carbonyl (C=O) groups is 2. The minimum Gasteiger partial charge on any atom is -0.467 e. The van der Waals surface area contributed by atoms with Crippen LogP contribution in [0.3, 0.4) is 0 Å². The van der Waals surface area contributed by atoms with Crippen molar-refractivity contribution in [3.05, 3.63) is 35.4 Å². The Morgan fingerprint density at radius 1 is 1.44 bits per heavy atom. The van der Waals surface area contributed by atoms with Crippen LogP contribution in [-0.2, 0) is 16.0 Å². The van der Waals surface area contributed by atoms with E-state index >= 15 is 0 Å². The zero-order valence-electron chi connectivity index (χ0n) is 9.27. The molecule has 1 amide bonds. The third-order valence-electron chi connectivity index (χ3n) is 2.92. The lowest BCUT2D eigenvalue weighted by Gasteiger charge is -2.31. The standard InChI is InChI=1S/C12H13NO3/c1-13-10(12(15)16-2)7-8-5-3-4-6-9(8)11(13)14/h3-6,10H,7H2,1-2H3. The van der Waals surface area contributed by atoms with Crippen LogP contribution >= 0.6 is 0 Å². The van der Waals surface area contributed by atoms with Crippen LogP contribution in [0.2, 0.25) is 0 Å². The van der Waals surface area contributed by atoms with E-state index in [1.165, 1.54) is 12.0 Å². The van der Waals surface area contributed by atoms with E-state index in [1.807, 2.05) is 18.2 Å². The van der Waals surface area contributed by atoms with Crippen molar-refractivity contribution in [1.29, 1.82) is 0 Å². The van der Waals surface area contributed by atoms with E-state index < -0.39 is 6.04 Å². The van der Waals surface area contributed by atoms with Gasteiger partial charge in [0.25, 0.3) is 5.91 Å². The maximum atomic E-state index is 12.0. The molecule has 1 aromatic rings. The monoisotopic (exact) mass is 219 g/mol. The van der Waals surface area contributed by atoms with E-state index in [9.17, 15) is 9.59 Å². The number of amides is 1. The highest BCUT2D eigenvalue weighted by Crippen LogP contribution is 2.22. The fourth-order valence-corrected chi connectivity index (χ4v) is 1.96. The molecule has 1 heterocycles. The zero-order chi connectivity index (χ0) is 11.7. The summed E-state index contributed by atoms with van der Waals surface area (Å²) in [5.41, 5.74) is 1.58. The molecule has 0 bridgehead atoms. The average molecular weight is 219 g/mol.